The van der Waals surface area contributed by atoms with Crippen molar-refractivity contribution >= 4 is 28.3 Å². The van der Waals surface area contributed by atoms with Crippen LogP contribution in [0.25, 0.3) is 22.3 Å². The van der Waals surface area contributed by atoms with Gasteiger partial charge in [0, 0.05) is 42.0 Å². The number of aromatic amines is 2. The summed E-state index contributed by atoms with van der Waals surface area (Å²) >= 11 is 1.75. The van der Waals surface area contributed by atoms with Gasteiger partial charge in [0.25, 0.3) is 5.56 Å². The number of nitrogens with one attached hydrogen (secondary N) is 2. The van der Waals surface area contributed by atoms with E-state index in [1.807, 2.05) is 4.90 Å². The maximum atomic E-state index is 13.5. The number of hydrogen-bond acceptors (Lipinski definition) is 7. The molecule has 34 heavy (non-hydrogen) atoms. The molecular formula is C22H20F3N7OS. The predicted molar refractivity (Wildman–Crippen MR) is 122 cm³/mol. The molecule has 0 unspecified atom stereocenters. The summed E-state index contributed by atoms with van der Waals surface area (Å²) in [6, 6.07) is 3.31. The first-order chi connectivity index (χ1) is 16.3. The standard InChI is InChI=1S/C22H20F3N7OS/c23-22(24,25)13-10-27-5-1-11(13)16-15-18(31-30-16)28-20(29-19(15)33)32-6-3-21(4-7-32)9-14-12(17(21)26)2-8-34-14/h1-2,5,8,10,17H,3-4,6-7,9,26H2,(H2,28,29,30,31,33)/t17-/m1/s1. The Hall–Kier alpha value is -3.25. The van der Waals surface area contributed by atoms with Gasteiger partial charge in [0.05, 0.1) is 5.56 Å². The zero-order chi connectivity index (χ0) is 23.7. The van der Waals surface area contributed by atoms with Crippen LogP contribution in [0.15, 0.2) is 34.7 Å². The van der Waals surface area contributed by atoms with Crippen LogP contribution in [0.5, 0.6) is 0 Å². The molecule has 5 heterocycles. The second kappa shape index (κ2) is 7.37. The quantitative estimate of drug-likeness (QED) is 0.398. The van der Waals surface area contributed by atoms with Gasteiger partial charge in [-0.2, -0.15) is 23.3 Å². The third kappa shape index (κ3) is 3.16. The normalized spacial score (nSPS) is 19.8. The van der Waals surface area contributed by atoms with Crippen molar-refractivity contribution < 1.29 is 13.2 Å². The van der Waals surface area contributed by atoms with Crippen molar-refractivity contribution in [2.75, 3.05) is 18.0 Å². The number of alkyl halides is 3. The highest BCUT2D eigenvalue weighted by atomic mass is 32.1. The largest absolute Gasteiger partial charge is 0.418 e. The van der Waals surface area contributed by atoms with Gasteiger partial charge in [-0.05, 0) is 47.8 Å². The van der Waals surface area contributed by atoms with Crippen LogP contribution < -0.4 is 16.2 Å². The Kier molecular flexibility index (Phi) is 4.62. The van der Waals surface area contributed by atoms with E-state index in [-0.39, 0.29) is 33.7 Å². The molecule has 4 aromatic rings. The molecule has 1 aliphatic carbocycles. The predicted octanol–water partition coefficient (Wildman–Crippen LogP) is 3.63. The SMILES string of the molecule is N[C@@H]1c2ccsc2CC12CCN(c1nc3[nH]nc(-c4ccncc4C(F)(F)F)c3c(=O)[nH]1)CC2. The monoisotopic (exact) mass is 487 g/mol. The van der Waals surface area contributed by atoms with Crippen molar-refractivity contribution in [3.05, 3.63) is 56.3 Å². The highest BCUT2D eigenvalue weighted by Crippen LogP contribution is 2.52. The number of hydrogen-bond donors (Lipinski definition) is 3. The van der Waals surface area contributed by atoms with Gasteiger partial charge in [0.1, 0.15) is 11.1 Å². The highest BCUT2D eigenvalue weighted by Gasteiger charge is 2.46. The first-order valence-corrected chi connectivity index (χ1v) is 11.7. The molecular weight excluding hydrogens is 467 g/mol. The van der Waals surface area contributed by atoms with E-state index in [0.717, 1.165) is 25.5 Å². The van der Waals surface area contributed by atoms with Crippen LogP contribution >= 0.6 is 11.3 Å². The molecule has 0 radical (unpaired) electrons. The van der Waals surface area contributed by atoms with Gasteiger partial charge in [-0.3, -0.25) is 19.9 Å². The third-order valence-corrected chi connectivity index (χ3v) is 8.08. The number of aromatic nitrogens is 5. The number of nitrogens with zero attached hydrogens (tertiary/aromatic N) is 4. The van der Waals surface area contributed by atoms with E-state index in [1.54, 1.807) is 11.3 Å². The second-order valence-corrected chi connectivity index (χ2v) is 9.91. The number of pyridine rings is 1. The fraction of sp³-hybridized carbons (Fsp3) is 0.364. The lowest BCUT2D eigenvalue weighted by Gasteiger charge is -2.42. The minimum Gasteiger partial charge on any atom is -0.342 e. The highest BCUT2D eigenvalue weighted by molar-refractivity contribution is 7.10. The lowest BCUT2D eigenvalue weighted by Crippen LogP contribution is -2.45. The molecule has 176 valence electrons. The molecule has 1 fully saturated rings. The van der Waals surface area contributed by atoms with Crippen LogP contribution in [0.3, 0.4) is 0 Å². The van der Waals surface area contributed by atoms with Crippen molar-refractivity contribution in [3.63, 3.8) is 0 Å². The number of halogens is 3. The zero-order valence-corrected chi connectivity index (χ0v) is 18.6. The Bertz CT molecular complexity index is 1450. The van der Waals surface area contributed by atoms with Crippen LogP contribution in [0.1, 0.15) is 34.9 Å². The Balaban J connectivity index is 1.30. The fourth-order valence-electron chi connectivity index (χ4n) is 5.28. The average molecular weight is 488 g/mol. The summed E-state index contributed by atoms with van der Waals surface area (Å²) in [5.41, 5.74) is 6.15. The van der Waals surface area contributed by atoms with Crippen molar-refractivity contribution in [2.45, 2.75) is 31.5 Å². The van der Waals surface area contributed by atoms with E-state index in [0.29, 0.717) is 19.0 Å². The average Bonchev–Trinajstić information content (AvgIpc) is 3.50. The summed E-state index contributed by atoms with van der Waals surface area (Å²) in [7, 11) is 0. The summed E-state index contributed by atoms with van der Waals surface area (Å²) in [4.78, 5) is 27.1. The lowest BCUT2D eigenvalue weighted by molar-refractivity contribution is -0.137. The number of nitrogens with two attached hydrogens (primary N) is 1. The van der Waals surface area contributed by atoms with E-state index in [2.05, 4.69) is 36.6 Å². The van der Waals surface area contributed by atoms with E-state index in [1.165, 1.54) is 22.7 Å². The maximum absolute atomic E-state index is 13.5. The van der Waals surface area contributed by atoms with Gasteiger partial charge in [0.2, 0.25) is 5.95 Å². The molecule has 0 saturated carbocycles. The topological polar surface area (TPSA) is 117 Å². The van der Waals surface area contributed by atoms with E-state index in [4.69, 9.17) is 5.73 Å². The lowest BCUT2D eigenvalue weighted by atomic mass is 9.73. The van der Waals surface area contributed by atoms with Crippen LogP contribution in [-0.4, -0.2) is 38.2 Å². The minimum atomic E-state index is -4.64. The fourth-order valence-corrected chi connectivity index (χ4v) is 6.36. The number of H-pyrrole nitrogens is 2. The van der Waals surface area contributed by atoms with E-state index in [9.17, 15) is 18.0 Å². The molecule has 1 aliphatic heterocycles. The maximum Gasteiger partial charge on any atom is 0.418 e. The van der Waals surface area contributed by atoms with E-state index >= 15 is 0 Å². The third-order valence-electron chi connectivity index (χ3n) is 7.14. The summed E-state index contributed by atoms with van der Waals surface area (Å²) in [6.45, 7) is 1.33. The van der Waals surface area contributed by atoms with Crippen molar-refractivity contribution in [1.29, 1.82) is 0 Å². The molecule has 0 aromatic carbocycles. The van der Waals surface area contributed by atoms with Crippen LogP contribution in [0.4, 0.5) is 19.1 Å². The molecule has 1 atom stereocenters. The molecule has 0 amide bonds. The molecule has 4 aromatic heterocycles. The molecule has 0 bridgehead atoms. The summed E-state index contributed by atoms with van der Waals surface area (Å²) in [5.74, 6) is 0.370. The molecule has 1 spiro atoms. The van der Waals surface area contributed by atoms with Crippen molar-refractivity contribution in [3.8, 4) is 11.3 Å². The summed E-state index contributed by atoms with van der Waals surface area (Å²) in [6.07, 6.45) is 0.00708. The number of rotatable bonds is 2. The van der Waals surface area contributed by atoms with Crippen LogP contribution in [0.2, 0.25) is 0 Å². The van der Waals surface area contributed by atoms with Crippen molar-refractivity contribution in [2.24, 2.45) is 11.1 Å². The minimum absolute atomic E-state index is 0.00347. The van der Waals surface area contributed by atoms with E-state index < -0.39 is 17.3 Å². The van der Waals surface area contributed by atoms with Gasteiger partial charge in [-0.15, -0.1) is 11.3 Å². The number of thiophene rings is 1. The van der Waals surface area contributed by atoms with Crippen LogP contribution in [0, 0.1) is 5.41 Å². The molecule has 2 aliphatic rings. The Labute approximate surface area is 195 Å². The summed E-state index contributed by atoms with van der Waals surface area (Å²) < 4.78 is 40.4. The number of anilines is 1. The smallest absolute Gasteiger partial charge is 0.342 e. The molecule has 6 rings (SSSR count). The number of piperidine rings is 1. The molecule has 1 saturated heterocycles. The molecule has 12 heteroatoms. The summed E-state index contributed by atoms with van der Waals surface area (Å²) in [5, 5.41) is 8.70. The molecule has 8 nitrogen and oxygen atoms in total. The van der Waals surface area contributed by atoms with Gasteiger partial charge in [-0.25, -0.2) is 0 Å². The zero-order valence-electron chi connectivity index (χ0n) is 17.8. The van der Waals surface area contributed by atoms with Gasteiger partial charge in [-0.1, -0.05) is 0 Å². The Morgan fingerprint density at radius 3 is 2.76 bits per heavy atom. The first-order valence-electron chi connectivity index (χ1n) is 10.8. The van der Waals surface area contributed by atoms with Crippen LogP contribution in [-0.2, 0) is 12.6 Å². The Morgan fingerprint density at radius 2 is 2.03 bits per heavy atom. The van der Waals surface area contributed by atoms with Gasteiger partial charge >= 0.3 is 6.18 Å². The van der Waals surface area contributed by atoms with Crippen molar-refractivity contribution in [1.82, 2.24) is 25.1 Å². The van der Waals surface area contributed by atoms with Gasteiger partial charge < -0.3 is 10.6 Å². The van der Waals surface area contributed by atoms with Gasteiger partial charge in [0.15, 0.2) is 5.65 Å². The first kappa shape index (κ1) is 21.3. The second-order valence-electron chi connectivity index (χ2n) is 8.91. The number of fused-ring (bicyclic) bond motifs is 2. The molecule has 4 N–H and O–H groups in total. The Morgan fingerprint density at radius 1 is 1.24 bits per heavy atom.